The maximum atomic E-state index is 12.7. The van der Waals surface area contributed by atoms with Crippen molar-refractivity contribution < 1.29 is 19.5 Å². The van der Waals surface area contributed by atoms with Gasteiger partial charge in [-0.05, 0) is 26.7 Å². The molecule has 0 aromatic carbocycles. The first kappa shape index (κ1) is 15.6. The fourth-order valence-corrected chi connectivity index (χ4v) is 3.14. The number of nitrogens with zero attached hydrogens (tertiary/aromatic N) is 2. The van der Waals surface area contributed by atoms with Gasteiger partial charge in [-0.3, -0.25) is 9.59 Å². The molecule has 2 saturated heterocycles. The van der Waals surface area contributed by atoms with Crippen LogP contribution in [0.5, 0.6) is 0 Å². The minimum absolute atomic E-state index is 0.0270. The van der Waals surface area contributed by atoms with Crippen molar-refractivity contribution in [2.24, 2.45) is 5.92 Å². The molecular weight excluding hydrogens is 274 g/mol. The van der Waals surface area contributed by atoms with Gasteiger partial charge in [-0.1, -0.05) is 0 Å². The van der Waals surface area contributed by atoms with Crippen LogP contribution in [0.1, 0.15) is 33.1 Å². The van der Waals surface area contributed by atoms with Crippen LogP contribution in [0.3, 0.4) is 0 Å². The fraction of sp³-hybridized carbons (Fsp3) is 0.786. The highest BCUT2D eigenvalue weighted by Gasteiger charge is 2.43. The average molecular weight is 297 g/mol. The van der Waals surface area contributed by atoms with Crippen molar-refractivity contribution in [1.82, 2.24) is 15.1 Å². The third kappa shape index (κ3) is 3.28. The molecule has 2 unspecified atom stereocenters. The number of carboxylic acid groups (broad SMARTS) is 1. The number of hydrogen-bond acceptors (Lipinski definition) is 3. The maximum Gasteiger partial charge on any atom is 0.320 e. The van der Waals surface area contributed by atoms with Gasteiger partial charge in [-0.2, -0.15) is 0 Å². The second-order valence-electron chi connectivity index (χ2n) is 5.97. The van der Waals surface area contributed by atoms with Gasteiger partial charge in [0.1, 0.15) is 0 Å². The lowest BCUT2D eigenvalue weighted by atomic mass is 9.92. The Morgan fingerprint density at radius 1 is 1.48 bits per heavy atom. The highest BCUT2D eigenvalue weighted by Crippen LogP contribution is 2.28. The zero-order chi connectivity index (χ0) is 15.6. The van der Waals surface area contributed by atoms with Crippen LogP contribution in [0.25, 0.3) is 0 Å². The summed E-state index contributed by atoms with van der Waals surface area (Å²) in [5, 5.41) is 11.6. The molecule has 0 radical (unpaired) electrons. The SMILES string of the molecule is CC(C)N(CCC(=O)O)C(=O)N1CCCC2C(=O)NCC21. The number of carbonyl (C=O) groups is 3. The van der Waals surface area contributed by atoms with Crippen LogP contribution < -0.4 is 5.32 Å². The molecule has 2 atom stereocenters. The van der Waals surface area contributed by atoms with E-state index in [0.29, 0.717) is 13.1 Å². The number of fused-ring (bicyclic) bond motifs is 1. The number of carbonyl (C=O) groups excluding carboxylic acids is 2. The van der Waals surface area contributed by atoms with Gasteiger partial charge >= 0.3 is 12.0 Å². The van der Waals surface area contributed by atoms with Gasteiger partial charge < -0.3 is 20.2 Å². The number of carboxylic acids is 1. The van der Waals surface area contributed by atoms with Crippen molar-refractivity contribution in [1.29, 1.82) is 0 Å². The Hall–Kier alpha value is -1.79. The number of rotatable bonds is 4. The number of amides is 3. The Labute approximate surface area is 124 Å². The van der Waals surface area contributed by atoms with Gasteiger partial charge in [0.2, 0.25) is 5.91 Å². The van der Waals surface area contributed by atoms with E-state index in [-0.39, 0.29) is 42.9 Å². The highest BCUT2D eigenvalue weighted by atomic mass is 16.4. The molecule has 2 fully saturated rings. The number of nitrogens with one attached hydrogen (secondary N) is 1. The second kappa shape index (κ2) is 6.32. The highest BCUT2D eigenvalue weighted by molar-refractivity contribution is 5.84. The van der Waals surface area contributed by atoms with Crippen molar-refractivity contribution in [2.75, 3.05) is 19.6 Å². The fourth-order valence-electron chi connectivity index (χ4n) is 3.14. The third-order valence-electron chi connectivity index (χ3n) is 4.28. The standard InChI is InChI=1S/C14H23N3O4/c1-9(2)16(7-5-12(18)19)14(21)17-6-3-4-10-11(17)8-15-13(10)20/h9-11H,3-8H2,1-2H3,(H,15,20)(H,18,19). The van der Waals surface area contributed by atoms with E-state index in [1.54, 1.807) is 9.80 Å². The van der Waals surface area contributed by atoms with E-state index >= 15 is 0 Å². The van der Waals surface area contributed by atoms with E-state index in [9.17, 15) is 14.4 Å². The zero-order valence-corrected chi connectivity index (χ0v) is 12.5. The number of likely N-dealkylation sites (tertiary alicyclic amines) is 1. The second-order valence-corrected chi connectivity index (χ2v) is 5.97. The zero-order valence-electron chi connectivity index (χ0n) is 12.5. The van der Waals surface area contributed by atoms with Gasteiger partial charge in [-0.15, -0.1) is 0 Å². The molecule has 21 heavy (non-hydrogen) atoms. The van der Waals surface area contributed by atoms with E-state index in [1.165, 1.54) is 0 Å². The first-order valence-corrected chi connectivity index (χ1v) is 7.48. The van der Waals surface area contributed by atoms with Gasteiger partial charge in [0.05, 0.1) is 18.4 Å². The summed E-state index contributed by atoms with van der Waals surface area (Å²) in [7, 11) is 0. The van der Waals surface area contributed by atoms with Crippen LogP contribution in [0.4, 0.5) is 4.79 Å². The predicted octanol–water partition coefficient (Wildman–Crippen LogP) is 0.502. The number of hydrogen-bond donors (Lipinski definition) is 2. The smallest absolute Gasteiger partial charge is 0.320 e. The molecule has 0 spiro atoms. The molecule has 0 aromatic rings. The lowest BCUT2D eigenvalue weighted by molar-refractivity contribution is -0.137. The summed E-state index contributed by atoms with van der Waals surface area (Å²) >= 11 is 0. The van der Waals surface area contributed by atoms with Gasteiger partial charge in [-0.25, -0.2) is 4.79 Å². The molecule has 0 bridgehead atoms. The summed E-state index contributed by atoms with van der Waals surface area (Å²) in [5.41, 5.74) is 0. The van der Waals surface area contributed by atoms with E-state index in [0.717, 1.165) is 12.8 Å². The molecule has 0 saturated carbocycles. The summed E-state index contributed by atoms with van der Waals surface area (Å²) < 4.78 is 0. The van der Waals surface area contributed by atoms with Crippen molar-refractivity contribution in [3.05, 3.63) is 0 Å². The lowest BCUT2D eigenvalue weighted by Gasteiger charge is -2.40. The topological polar surface area (TPSA) is 90.0 Å². The maximum absolute atomic E-state index is 12.7. The molecule has 2 heterocycles. The van der Waals surface area contributed by atoms with Crippen molar-refractivity contribution >= 4 is 17.9 Å². The molecule has 118 valence electrons. The summed E-state index contributed by atoms with van der Waals surface area (Å²) in [6, 6.07) is -0.315. The van der Waals surface area contributed by atoms with Crippen LogP contribution in [0, 0.1) is 5.92 Å². The summed E-state index contributed by atoms with van der Waals surface area (Å²) in [6.07, 6.45) is 1.56. The molecule has 2 aliphatic heterocycles. The first-order valence-electron chi connectivity index (χ1n) is 7.48. The van der Waals surface area contributed by atoms with Gasteiger partial charge in [0, 0.05) is 25.7 Å². The Balaban J connectivity index is 2.08. The van der Waals surface area contributed by atoms with Crippen LogP contribution >= 0.6 is 0 Å². The molecule has 0 aromatic heterocycles. The van der Waals surface area contributed by atoms with Crippen LogP contribution in [-0.2, 0) is 9.59 Å². The molecule has 2 rings (SSSR count). The van der Waals surface area contributed by atoms with Crippen molar-refractivity contribution in [2.45, 2.75) is 45.2 Å². The summed E-state index contributed by atoms with van der Waals surface area (Å²) in [6.45, 7) is 5.07. The van der Waals surface area contributed by atoms with Crippen LogP contribution in [-0.4, -0.2) is 64.5 Å². The molecule has 2 aliphatic rings. The molecule has 7 heteroatoms. The van der Waals surface area contributed by atoms with E-state index in [1.807, 2.05) is 13.8 Å². The molecule has 0 aliphatic carbocycles. The number of piperidine rings is 1. The Morgan fingerprint density at radius 3 is 2.81 bits per heavy atom. The molecule has 3 amide bonds. The summed E-state index contributed by atoms with van der Waals surface area (Å²) in [5.74, 6) is -1.00. The Kier molecular flexibility index (Phi) is 4.69. The van der Waals surface area contributed by atoms with Crippen LogP contribution in [0.15, 0.2) is 0 Å². The van der Waals surface area contributed by atoms with E-state index < -0.39 is 5.97 Å². The molecule has 7 nitrogen and oxygen atoms in total. The van der Waals surface area contributed by atoms with Gasteiger partial charge in [0.15, 0.2) is 0 Å². The van der Waals surface area contributed by atoms with Crippen molar-refractivity contribution in [3.63, 3.8) is 0 Å². The largest absolute Gasteiger partial charge is 0.481 e. The van der Waals surface area contributed by atoms with E-state index in [4.69, 9.17) is 5.11 Å². The van der Waals surface area contributed by atoms with Crippen LogP contribution in [0.2, 0.25) is 0 Å². The minimum atomic E-state index is -0.914. The Bertz CT molecular complexity index is 438. The monoisotopic (exact) mass is 297 g/mol. The third-order valence-corrected chi connectivity index (χ3v) is 4.28. The number of urea groups is 1. The van der Waals surface area contributed by atoms with Gasteiger partial charge in [0.25, 0.3) is 0 Å². The van der Waals surface area contributed by atoms with Crippen molar-refractivity contribution in [3.8, 4) is 0 Å². The predicted molar refractivity (Wildman–Crippen MR) is 75.7 cm³/mol. The normalized spacial score (nSPS) is 24.7. The quantitative estimate of drug-likeness (QED) is 0.791. The van der Waals surface area contributed by atoms with E-state index in [2.05, 4.69) is 5.32 Å². The Morgan fingerprint density at radius 2 is 2.19 bits per heavy atom. The number of aliphatic carboxylic acids is 1. The average Bonchev–Trinajstić information content (AvgIpc) is 2.80. The lowest BCUT2D eigenvalue weighted by Crippen LogP contribution is -2.55. The molecule has 2 N–H and O–H groups in total. The molecular formula is C14H23N3O4. The summed E-state index contributed by atoms with van der Waals surface area (Å²) in [4.78, 5) is 38.5. The first-order chi connectivity index (χ1) is 9.91. The minimum Gasteiger partial charge on any atom is -0.481 e.